The molecule has 0 aromatic rings. The minimum atomic E-state index is -0.229. The molecule has 0 aliphatic carbocycles. The van der Waals surface area contributed by atoms with Crippen molar-refractivity contribution < 1.29 is 4.39 Å². The molecule has 1 heteroatoms. The van der Waals surface area contributed by atoms with Crippen molar-refractivity contribution in [1.82, 2.24) is 0 Å². The van der Waals surface area contributed by atoms with Crippen LogP contribution in [0.3, 0.4) is 0 Å². The Hall–Kier alpha value is -1.11. The van der Waals surface area contributed by atoms with Gasteiger partial charge in [-0.3, -0.25) is 0 Å². The second-order valence-electron chi connectivity index (χ2n) is 3.36. The first-order chi connectivity index (χ1) is 5.86. The molecule has 0 spiro atoms. The van der Waals surface area contributed by atoms with Crippen molar-refractivity contribution in [2.24, 2.45) is 0 Å². The van der Waals surface area contributed by atoms with Crippen LogP contribution in [0.1, 0.15) is 27.7 Å². The molecule has 0 unspecified atom stereocenters. The number of hydrogen-bond donors (Lipinski definition) is 0. The summed E-state index contributed by atoms with van der Waals surface area (Å²) in [7, 11) is 0. The lowest BCUT2D eigenvalue weighted by Gasteiger charge is -2.02. The van der Waals surface area contributed by atoms with E-state index in [1.54, 1.807) is 13.8 Å². The SMILES string of the molecule is C=C(C)C(C)=CC(F)=C(C)C(=C)C. The van der Waals surface area contributed by atoms with Gasteiger partial charge in [0.25, 0.3) is 0 Å². The van der Waals surface area contributed by atoms with Crippen molar-refractivity contribution >= 4 is 0 Å². The Labute approximate surface area is 80.2 Å². The molecule has 0 N–H and O–H groups in total. The van der Waals surface area contributed by atoms with Gasteiger partial charge in [-0.2, -0.15) is 0 Å². The van der Waals surface area contributed by atoms with Crippen LogP contribution < -0.4 is 0 Å². The molecule has 0 saturated heterocycles. The summed E-state index contributed by atoms with van der Waals surface area (Å²) in [4.78, 5) is 0. The first-order valence-electron chi connectivity index (χ1n) is 4.22. The van der Waals surface area contributed by atoms with E-state index in [2.05, 4.69) is 13.2 Å². The molecule has 0 radical (unpaired) electrons. The summed E-state index contributed by atoms with van der Waals surface area (Å²) in [5, 5.41) is 0. The maximum absolute atomic E-state index is 13.4. The van der Waals surface area contributed by atoms with Gasteiger partial charge < -0.3 is 0 Å². The van der Waals surface area contributed by atoms with Crippen LogP contribution in [-0.2, 0) is 0 Å². The zero-order valence-electron chi connectivity index (χ0n) is 8.87. The van der Waals surface area contributed by atoms with E-state index in [-0.39, 0.29) is 5.83 Å². The summed E-state index contributed by atoms with van der Waals surface area (Å²) in [6, 6.07) is 0. The predicted octanol–water partition coefficient (Wildman–Crippen LogP) is 4.33. The second-order valence-corrected chi connectivity index (χ2v) is 3.36. The Morgan fingerprint density at radius 2 is 1.46 bits per heavy atom. The number of hydrogen-bond acceptors (Lipinski definition) is 0. The summed E-state index contributed by atoms with van der Waals surface area (Å²) in [5.41, 5.74) is 3.09. The van der Waals surface area contributed by atoms with E-state index in [9.17, 15) is 4.39 Å². The first-order valence-corrected chi connectivity index (χ1v) is 4.22. The van der Waals surface area contributed by atoms with Gasteiger partial charge in [-0.1, -0.05) is 24.3 Å². The van der Waals surface area contributed by atoms with E-state index in [0.717, 1.165) is 16.7 Å². The molecule has 72 valence electrons. The van der Waals surface area contributed by atoms with E-state index in [0.29, 0.717) is 5.57 Å². The topological polar surface area (TPSA) is 0 Å². The lowest BCUT2D eigenvalue weighted by Crippen LogP contribution is -1.83. The van der Waals surface area contributed by atoms with Gasteiger partial charge in [0.15, 0.2) is 0 Å². The molecule has 0 rings (SSSR count). The number of halogens is 1. The maximum atomic E-state index is 13.4. The summed E-state index contributed by atoms with van der Waals surface area (Å²) in [6.07, 6.45) is 1.49. The third kappa shape index (κ3) is 3.88. The molecule has 0 amide bonds. The highest BCUT2D eigenvalue weighted by atomic mass is 19.1. The standard InChI is InChI=1S/C12H17F/c1-8(2)10(5)7-12(13)11(6)9(3)4/h7H,1,3H2,2,4-6H3. The van der Waals surface area contributed by atoms with Crippen molar-refractivity contribution in [1.29, 1.82) is 0 Å². The molecule has 0 atom stereocenters. The zero-order chi connectivity index (χ0) is 10.6. The van der Waals surface area contributed by atoms with Gasteiger partial charge in [0, 0.05) is 0 Å². The van der Waals surface area contributed by atoms with Gasteiger partial charge in [0.2, 0.25) is 0 Å². The Bertz CT molecular complexity index is 290. The first kappa shape index (κ1) is 11.9. The van der Waals surface area contributed by atoms with Gasteiger partial charge in [-0.15, -0.1) is 0 Å². The fraction of sp³-hybridized carbons (Fsp3) is 0.333. The van der Waals surface area contributed by atoms with Gasteiger partial charge in [0.05, 0.1) is 0 Å². The Morgan fingerprint density at radius 1 is 1.00 bits per heavy atom. The molecule has 0 aliphatic heterocycles. The molecule has 0 bridgehead atoms. The smallest absolute Gasteiger partial charge is 0.126 e. The highest BCUT2D eigenvalue weighted by Crippen LogP contribution is 2.17. The summed E-state index contributed by atoms with van der Waals surface area (Å²) < 4.78 is 13.4. The third-order valence-corrected chi connectivity index (χ3v) is 2.01. The molecule has 0 aliphatic rings. The van der Waals surface area contributed by atoms with Crippen LogP contribution in [0.2, 0.25) is 0 Å². The molecule has 0 saturated carbocycles. The Kier molecular flexibility index (Phi) is 4.39. The van der Waals surface area contributed by atoms with Crippen molar-refractivity contribution in [2.45, 2.75) is 27.7 Å². The molecule has 0 aromatic carbocycles. The van der Waals surface area contributed by atoms with Crippen molar-refractivity contribution in [2.75, 3.05) is 0 Å². The van der Waals surface area contributed by atoms with Crippen LogP contribution in [-0.4, -0.2) is 0 Å². The zero-order valence-corrected chi connectivity index (χ0v) is 8.87. The average Bonchev–Trinajstić information content (AvgIpc) is 2.02. The van der Waals surface area contributed by atoms with Gasteiger partial charge in [-0.05, 0) is 44.9 Å². The molecule has 0 aromatic heterocycles. The van der Waals surface area contributed by atoms with E-state index < -0.39 is 0 Å². The minimum Gasteiger partial charge on any atom is -0.207 e. The lowest BCUT2D eigenvalue weighted by molar-refractivity contribution is 0.654. The quantitative estimate of drug-likeness (QED) is 0.567. The van der Waals surface area contributed by atoms with Crippen LogP contribution in [0.4, 0.5) is 4.39 Å². The molecule has 13 heavy (non-hydrogen) atoms. The largest absolute Gasteiger partial charge is 0.207 e. The predicted molar refractivity (Wildman–Crippen MR) is 57.2 cm³/mol. The van der Waals surface area contributed by atoms with Crippen LogP contribution in [0.25, 0.3) is 0 Å². The molecule has 0 fully saturated rings. The Morgan fingerprint density at radius 3 is 1.77 bits per heavy atom. The van der Waals surface area contributed by atoms with Crippen molar-refractivity contribution in [3.05, 3.63) is 47.4 Å². The fourth-order valence-corrected chi connectivity index (χ4v) is 0.625. The molecule has 0 heterocycles. The minimum absolute atomic E-state index is 0.229. The molecule has 0 nitrogen and oxygen atoms in total. The second kappa shape index (κ2) is 4.80. The van der Waals surface area contributed by atoms with Gasteiger partial charge in [-0.25, -0.2) is 4.39 Å². The van der Waals surface area contributed by atoms with Crippen LogP contribution in [0, 0.1) is 0 Å². The van der Waals surface area contributed by atoms with Crippen LogP contribution in [0.15, 0.2) is 47.4 Å². The van der Waals surface area contributed by atoms with Gasteiger partial charge in [0.1, 0.15) is 5.83 Å². The summed E-state index contributed by atoms with van der Waals surface area (Å²) in [6.45, 7) is 14.6. The number of allylic oxidation sites excluding steroid dienone is 6. The summed E-state index contributed by atoms with van der Waals surface area (Å²) in [5.74, 6) is -0.229. The van der Waals surface area contributed by atoms with E-state index in [4.69, 9.17) is 0 Å². The molecular formula is C12H17F. The van der Waals surface area contributed by atoms with Crippen LogP contribution >= 0.6 is 0 Å². The Balaban J connectivity index is 4.92. The number of rotatable bonds is 3. The van der Waals surface area contributed by atoms with Crippen molar-refractivity contribution in [3.8, 4) is 0 Å². The fourth-order valence-electron chi connectivity index (χ4n) is 0.625. The normalized spacial score (nSPS) is 13.8. The van der Waals surface area contributed by atoms with E-state index in [1.165, 1.54) is 6.08 Å². The lowest BCUT2D eigenvalue weighted by atomic mass is 10.1. The summed E-state index contributed by atoms with van der Waals surface area (Å²) >= 11 is 0. The van der Waals surface area contributed by atoms with E-state index in [1.807, 2.05) is 13.8 Å². The highest BCUT2D eigenvalue weighted by Gasteiger charge is 1.99. The highest BCUT2D eigenvalue weighted by molar-refractivity contribution is 5.37. The molecular weight excluding hydrogens is 163 g/mol. The van der Waals surface area contributed by atoms with Crippen LogP contribution in [0.5, 0.6) is 0 Å². The monoisotopic (exact) mass is 180 g/mol. The average molecular weight is 180 g/mol. The van der Waals surface area contributed by atoms with Gasteiger partial charge >= 0.3 is 0 Å². The third-order valence-electron chi connectivity index (χ3n) is 2.01. The van der Waals surface area contributed by atoms with E-state index >= 15 is 0 Å². The maximum Gasteiger partial charge on any atom is 0.126 e. The van der Waals surface area contributed by atoms with Crippen molar-refractivity contribution in [3.63, 3.8) is 0 Å².